The molecule has 0 saturated carbocycles. The lowest BCUT2D eigenvalue weighted by Crippen LogP contribution is -2.39. The van der Waals surface area contributed by atoms with Gasteiger partial charge in [-0.05, 0) is 65.8 Å². The molecule has 0 aromatic heterocycles. The van der Waals surface area contributed by atoms with Gasteiger partial charge in [-0.1, -0.05) is 26.0 Å². The van der Waals surface area contributed by atoms with Crippen LogP contribution in [-0.4, -0.2) is 23.9 Å². The van der Waals surface area contributed by atoms with Gasteiger partial charge in [-0.2, -0.15) is 0 Å². The molecule has 0 aliphatic carbocycles. The Morgan fingerprint density at radius 2 is 1.95 bits per heavy atom. The van der Waals surface area contributed by atoms with Crippen molar-refractivity contribution in [2.24, 2.45) is 11.8 Å². The Labute approximate surface area is 129 Å². The van der Waals surface area contributed by atoms with Gasteiger partial charge in [-0.15, -0.1) is 0 Å². The molecule has 3 heteroatoms. The molecular weight excluding hydrogens is 349 g/mol. The number of benzene rings is 1. The quantitative estimate of drug-likeness (QED) is 0.717. The minimum Gasteiger partial charge on any atom is -0.339 e. The summed E-state index contributed by atoms with van der Waals surface area (Å²) in [5.41, 5.74) is 2.05. The van der Waals surface area contributed by atoms with Crippen molar-refractivity contribution < 1.29 is 4.79 Å². The lowest BCUT2D eigenvalue weighted by molar-refractivity contribution is 0.0666. The van der Waals surface area contributed by atoms with Crippen LogP contribution in [0.1, 0.15) is 42.6 Å². The third-order valence-electron chi connectivity index (χ3n) is 4.19. The summed E-state index contributed by atoms with van der Waals surface area (Å²) < 4.78 is 1.09. The molecule has 2 rings (SSSR count). The molecule has 0 radical (unpaired) electrons. The Morgan fingerprint density at radius 1 is 1.32 bits per heavy atom. The van der Waals surface area contributed by atoms with Crippen molar-refractivity contribution >= 4 is 28.5 Å². The van der Waals surface area contributed by atoms with Crippen LogP contribution >= 0.6 is 22.6 Å². The number of hydrogen-bond donors (Lipinski definition) is 0. The Morgan fingerprint density at radius 3 is 2.53 bits per heavy atom. The van der Waals surface area contributed by atoms with Crippen molar-refractivity contribution in [2.45, 2.75) is 33.6 Å². The van der Waals surface area contributed by atoms with E-state index in [1.807, 2.05) is 17.0 Å². The predicted octanol–water partition coefficient (Wildman–Crippen LogP) is 4.11. The molecule has 2 nitrogen and oxygen atoms in total. The first-order valence-electron chi connectivity index (χ1n) is 7.05. The first kappa shape index (κ1) is 14.8. The predicted molar refractivity (Wildman–Crippen MR) is 87.4 cm³/mol. The van der Waals surface area contributed by atoms with Crippen LogP contribution < -0.4 is 0 Å². The van der Waals surface area contributed by atoms with Gasteiger partial charge in [-0.25, -0.2) is 0 Å². The fourth-order valence-electron chi connectivity index (χ4n) is 2.75. The molecule has 1 amide bonds. The third kappa shape index (κ3) is 3.30. The van der Waals surface area contributed by atoms with Crippen LogP contribution in [0.2, 0.25) is 0 Å². The largest absolute Gasteiger partial charge is 0.339 e. The number of hydrogen-bond acceptors (Lipinski definition) is 1. The molecular formula is C16H22INO. The van der Waals surface area contributed by atoms with E-state index >= 15 is 0 Å². The van der Waals surface area contributed by atoms with E-state index in [2.05, 4.69) is 49.4 Å². The van der Waals surface area contributed by atoms with Gasteiger partial charge in [-0.3, -0.25) is 4.79 Å². The van der Waals surface area contributed by atoms with Gasteiger partial charge in [0.25, 0.3) is 5.91 Å². The van der Waals surface area contributed by atoms with Gasteiger partial charge in [0.05, 0.1) is 5.56 Å². The topological polar surface area (TPSA) is 20.3 Å². The van der Waals surface area contributed by atoms with Crippen LogP contribution in [0.4, 0.5) is 0 Å². The highest BCUT2D eigenvalue weighted by Crippen LogP contribution is 2.26. The van der Waals surface area contributed by atoms with E-state index in [0.717, 1.165) is 46.9 Å². The van der Waals surface area contributed by atoms with Crippen LogP contribution in [-0.2, 0) is 0 Å². The first-order chi connectivity index (χ1) is 9.00. The van der Waals surface area contributed by atoms with Crippen LogP contribution in [0.3, 0.4) is 0 Å². The summed E-state index contributed by atoms with van der Waals surface area (Å²) in [4.78, 5) is 14.6. The summed E-state index contributed by atoms with van der Waals surface area (Å²) >= 11 is 2.28. The maximum Gasteiger partial charge on any atom is 0.254 e. The van der Waals surface area contributed by atoms with E-state index in [1.54, 1.807) is 0 Å². The fourth-order valence-corrected chi connectivity index (χ4v) is 3.34. The van der Waals surface area contributed by atoms with Crippen molar-refractivity contribution in [2.75, 3.05) is 13.1 Å². The number of amides is 1. The monoisotopic (exact) mass is 371 g/mol. The van der Waals surface area contributed by atoms with Gasteiger partial charge in [0.15, 0.2) is 0 Å². The van der Waals surface area contributed by atoms with E-state index in [4.69, 9.17) is 0 Å². The molecule has 1 saturated heterocycles. The average molecular weight is 371 g/mol. The summed E-state index contributed by atoms with van der Waals surface area (Å²) in [5.74, 6) is 1.72. The fraction of sp³-hybridized carbons (Fsp3) is 0.562. The lowest BCUT2D eigenvalue weighted by atomic mass is 9.86. The standard InChI is InChI=1S/C16H22INO/c1-11(2)13-7-9-18(10-8-13)16(19)14-6-4-5-12(3)15(14)17/h4-6,11,13H,7-10H2,1-3H3. The minimum atomic E-state index is 0.204. The molecule has 0 bridgehead atoms. The molecule has 0 unspecified atom stereocenters. The molecule has 1 fully saturated rings. The van der Waals surface area contributed by atoms with Gasteiger partial charge in [0, 0.05) is 16.7 Å². The number of carbonyl (C=O) groups is 1. The first-order valence-corrected chi connectivity index (χ1v) is 8.13. The molecule has 1 aromatic carbocycles. The minimum absolute atomic E-state index is 0.204. The summed E-state index contributed by atoms with van der Waals surface area (Å²) in [6, 6.07) is 5.99. The van der Waals surface area contributed by atoms with Gasteiger partial charge in [0.1, 0.15) is 0 Å². The SMILES string of the molecule is Cc1cccc(C(=O)N2CCC(C(C)C)CC2)c1I. The van der Waals surface area contributed by atoms with Gasteiger partial charge in [0.2, 0.25) is 0 Å². The lowest BCUT2D eigenvalue weighted by Gasteiger charge is -2.34. The Balaban J connectivity index is 2.07. The average Bonchev–Trinajstić information content (AvgIpc) is 2.41. The Hall–Kier alpha value is -0.580. The number of rotatable bonds is 2. The molecule has 19 heavy (non-hydrogen) atoms. The van der Waals surface area contributed by atoms with Crippen LogP contribution in [0, 0.1) is 22.3 Å². The summed E-state index contributed by atoms with van der Waals surface area (Å²) in [7, 11) is 0. The van der Waals surface area contributed by atoms with Crippen molar-refractivity contribution in [3.05, 3.63) is 32.9 Å². The van der Waals surface area contributed by atoms with Crippen molar-refractivity contribution in [1.29, 1.82) is 0 Å². The second-order valence-electron chi connectivity index (χ2n) is 5.81. The maximum absolute atomic E-state index is 12.6. The zero-order chi connectivity index (χ0) is 14.0. The van der Waals surface area contributed by atoms with E-state index in [0.29, 0.717) is 0 Å². The molecule has 104 valence electrons. The van der Waals surface area contributed by atoms with E-state index < -0.39 is 0 Å². The zero-order valence-corrected chi connectivity index (χ0v) is 14.1. The van der Waals surface area contributed by atoms with E-state index in [9.17, 15) is 4.79 Å². The second kappa shape index (κ2) is 6.25. The number of nitrogens with zero attached hydrogens (tertiary/aromatic N) is 1. The Kier molecular flexibility index (Phi) is 4.87. The molecule has 1 aromatic rings. The zero-order valence-electron chi connectivity index (χ0n) is 11.9. The Bertz CT molecular complexity index is 462. The molecule has 0 spiro atoms. The highest BCUT2D eigenvalue weighted by atomic mass is 127. The smallest absolute Gasteiger partial charge is 0.254 e. The van der Waals surface area contributed by atoms with Gasteiger partial charge >= 0.3 is 0 Å². The third-order valence-corrected chi connectivity index (χ3v) is 5.62. The summed E-state index contributed by atoms with van der Waals surface area (Å²) in [6.45, 7) is 8.44. The summed E-state index contributed by atoms with van der Waals surface area (Å²) in [5, 5.41) is 0. The van der Waals surface area contributed by atoms with Crippen molar-refractivity contribution in [1.82, 2.24) is 4.90 Å². The molecule has 0 N–H and O–H groups in total. The van der Waals surface area contributed by atoms with Crippen LogP contribution in [0.15, 0.2) is 18.2 Å². The summed E-state index contributed by atoms with van der Waals surface area (Å²) in [6.07, 6.45) is 2.29. The molecule has 1 aliphatic rings. The second-order valence-corrected chi connectivity index (χ2v) is 6.89. The number of likely N-dealkylation sites (tertiary alicyclic amines) is 1. The van der Waals surface area contributed by atoms with Crippen molar-refractivity contribution in [3.63, 3.8) is 0 Å². The molecule has 0 atom stereocenters. The number of aryl methyl sites for hydroxylation is 1. The van der Waals surface area contributed by atoms with Gasteiger partial charge < -0.3 is 4.90 Å². The number of halogens is 1. The molecule has 1 heterocycles. The highest BCUT2D eigenvalue weighted by Gasteiger charge is 2.26. The van der Waals surface area contributed by atoms with E-state index in [1.165, 1.54) is 5.56 Å². The normalized spacial score (nSPS) is 17.0. The number of carbonyl (C=O) groups excluding carboxylic acids is 1. The van der Waals surface area contributed by atoms with Crippen LogP contribution in [0.5, 0.6) is 0 Å². The van der Waals surface area contributed by atoms with Crippen molar-refractivity contribution in [3.8, 4) is 0 Å². The maximum atomic E-state index is 12.6. The molecule has 1 aliphatic heterocycles. The van der Waals surface area contributed by atoms with E-state index in [-0.39, 0.29) is 5.91 Å². The highest BCUT2D eigenvalue weighted by molar-refractivity contribution is 14.1. The van der Waals surface area contributed by atoms with Crippen LogP contribution in [0.25, 0.3) is 0 Å². The number of piperidine rings is 1.